The van der Waals surface area contributed by atoms with Crippen molar-refractivity contribution in [3.05, 3.63) is 189 Å². The lowest BCUT2D eigenvalue weighted by Gasteiger charge is -2.34. The summed E-state index contributed by atoms with van der Waals surface area (Å²) in [5.74, 6) is 0. The second-order valence-electron chi connectivity index (χ2n) is 11.9. The molecule has 2 aliphatic carbocycles. The summed E-state index contributed by atoms with van der Waals surface area (Å²) in [6.45, 7) is 6.72. The fourth-order valence-corrected chi connectivity index (χ4v) is 8.75. The van der Waals surface area contributed by atoms with E-state index in [2.05, 4.69) is 138 Å². The van der Waals surface area contributed by atoms with Crippen LogP contribution in [0.2, 0.25) is 0 Å². The molecule has 0 unspecified atom stereocenters. The molecule has 0 aromatic heterocycles. The first-order valence-corrected chi connectivity index (χ1v) is 16.1. The van der Waals surface area contributed by atoms with Crippen LogP contribution in [0.1, 0.15) is 22.3 Å². The molecule has 4 heteroatoms. The van der Waals surface area contributed by atoms with Crippen LogP contribution in [0.15, 0.2) is 167 Å². The van der Waals surface area contributed by atoms with E-state index in [-0.39, 0.29) is 5.41 Å². The van der Waals surface area contributed by atoms with Gasteiger partial charge in [0.25, 0.3) is 0 Å². The Balaban J connectivity index is 1.13. The number of rotatable bonds is 2. The topological polar surface area (TPSA) is 36.1 Å². The summed E-state index contributed by atoms with van der Waals surface area (Å²) in [5, 5.41) is 10.9. The third-order valence-electron chi connectivity index (χ3n) is 9.63. The maximum atomic E-state index is 4.27. The Bertz CT molecular complexity index is 2000. The number of fused-ring (bicyclic) bond motifs is 8. The predicted molar refractivity (Wildman–Crippen MR) is 184 cm³/mol. The van der Waals surface area contributed by atoms with Gasteiger partial charge < -0.3 is 16.0 Å². The summed E-state index contributed by atoms with van der Waals surface area (Å²) in [7, 11) is 0. The van der Waals surface area contributed by atoms with Gasteiger partial charge in [0, 0.05) is 29.4 Å². The molecule has 3 aromatic rings. The Morgan fingerprint density at radius 3 is 2.25 bits per heavy atom. The molecule has 44 heavy (non-hydrogen) atoms. The van der Waals surface area contributed by atoms with Gasteiger partial charge in [-0.25, -0.2) is 0 Å². The first kappa shape index (κ1) is 25.6. The van der Waals surface area contributed by atoms with Gasteiger partial charge in [0.2, 0.25) is 0 Å². The van der Waals surface area contributed by atoms with Crippen LogP contribution in [0, 0.1) is 0 Å². The van der Waals surface area contributed by atoms with E-state index >= 15 is 0 Å². The van der Waals surface area contributed by atoms with E-state index in [1.165, 1.54) is 76.9 Å². The quantitative estimate of drug-likeness (QED) is 0.286. The van der Waals surface area contributed by atoms with Gasteiger partial charge in [-0.2, -0.15) is 0 Å². The maximum absolute atomic E-state index is 4.27. The highest BCUT2D eigenvalue weighted by Gasteiger charge is 2.54. The number of dihydropyridines is 3. The van der Waals surface area contributed by atoms with Crippen molar-refractivity contribution < 1.29 is 0 Å². The molecule has 0 atom stereocenters. The summed E-state index contributed by atoms with van der Waals surface area (Å²) >= 11 is 1.82. The molecule has 0 bridgehead atoms. The zero-order valence-electron chi connectivity index (χ0n) is 24.3. The largest absolute Gasteiger partial charge is 0.387 e. The average Bonchev–Trinajstić information content (AvgIpc) is 3.54. The third kappa shape index (κ3) is 3.58. The van der Waals surface area contributed by atoms with Gasteiger partial charge in [-0.1, -0.05) is 115 Å². The van der Waals surface area contributed by atoms with E-state index in [1.807, 2.05) is 18.0 Å². The normalized spacial score (nSPS) is 22.3. The number of hydrogen-bond acceptors (Lipinski definition) is 4. The Morgan fingerprint density at radius 1 is 0.727 bits per heavy atom. The minimum atomic E-state index is -0.342. The van der Waals surface area contributed by atoms with Crippen molar-refractivity contribution in [2.75, 3.05) is 19.6 Å². The van der Waals surface area contributed by atoms with Crippen molar-refractivity contribution in [3.8, 4) is 11.1 Å². The summed E-state index contributed by atoms with van der Waals surface area (Å²) in [5.41, 5.74) is 16.3. The highest BCUT2D eigenvalue weighted by molar-refractivity contribution is 8.12. The van der Waals surface area contributed by atoms with Gasteiger partial charge in [-0.3, -0.25) is 0 Å². The fourth-order valence-electron chi connectivity index (χ4n) is 7.65. The molecule has 0 radical (unpaired) electrons. The van der Waals surface area contributed by atoms with E-state index in [1.54, 1.807) is 0 Å². The van der Waals surface area contributed by atoms with E-state index in [9.17, 15) is 0 Å². The zero-order valence-corrected chi connectivity index (χ0v) is 25.1. The number of nitrogens with one attached hydrogen (secondary N) is 3. The summed E-state index contributed by atoms with van der Waals surface area (Å²) in [4.78, 5) is 2.50. The lowest BCUT2D eigenvalue weighted by molar-refractivity contribution is 0.758. The lowest BCUT2D eigenvalue weighted by Crippen LogP contribution is -2.30. The highest BCUT2D eigenvalue weighted by Crippen LogP contribution is 2.62. The fraction of sp³-hybridized carbons (Fsp3) is 0.100. The van der Waals surface area contributed by atoms with Crippen molar-refractivity contribution in [2.24, 2.45) is 0 Å². The van der Waals surface area contributed by atoms with Gasteiger partial charge in [0.1, 0.15) is 0 Å². The van der Waals surface area contributed by atoms with Crippen LogP contribution in [0.25, 0.3) is 21.6 Å². The molecule has 0 saturated heterocycles. The first-order chi connectivity index (χ1) is 21.7. The number of allylic oxidation sites excluding steroid dienone is 8. The zero-order chi connectivity index (χ0) is 29.3. The third-order valence-corrected chi connectivity index (χ3v) is 10.8. The van der Waals surface area contributed by atoms with Crippen LogP contribution in [-0.4, -0.2) is 19.6 Å². The molecule has 3 aromatic carbocycles. The molecule has 1 spiro atoms. The standard InChI is InChI=1S/C40H31N3S/c1-25-8-6-14-36(44-37-19-21-41-24-31(25)37)27-17-15-26(16-18-27)28-22-35-39(43-23-28)38-34(13-7-20-42-38)40(35)32-11-4-2-9-29(32)30-10-3-5-12-33(30)40/h2-19,21-22,41-43H,1,20,23-24H2/b8-6-,36-14-. The Hall–Kier alpha value is -4.93. The molecule has 4 heterocycles. The van der Waals surface area contributed by atoms with Crippen molar-refractivity contribution in [3.63, 3.8) is 0 Å². The van der Waals surface area contributed by atoms with E-state index in [0.717, 1.165) is 25.2 Å². The number of hydrogen-bond donors (Lipinski definition) is 3. The van der Waals surface area contributed by atoms with Crippen LogP contribution >= 0.6 is 11.8 Å². The average molecular weight is 586 g/mol. The molecule has 0 fully saturated rings. The molecule has 212 valence electrons. The Kier molecular flexibility index (Phi) is 5.69. The highest BCUT2D eigenvalue weighted by atomic mass is 32.2. The van der Waals surface area contributed by atoms with Crippen LogP contribution in [-0.2, 0) is 5.41 Å². The first-order valence-electron chi connectivity index (χ1n) is 15.3. The van der Waals surface area contributed by atoms with Gasteiger partial charge in [0.05, 0.1) is 16.8 Å². The molecule has 3 N–H and O–H groups in total. The minimum Gasteiger partial charge on any atom is -0.387 e. The molecule has 0 amide bonds. The smallest absolute Gasteiger partial charge is 0.0755 e. The lowest BCUT2D eigenvalue weighted by atomic mass is 9.68. The van der Waals surface area contributed by atoms with E-state index in [0.29, 0.717) is 0 Å². The van der Waals surface area contributed by atoms with E-state index < -0.39 is 0 Å². The van der Waals surface area contributed by atoms with Crippen LogP contribution in [0.3, 0.4) is 0 Å². The van der Waals surface area contributed by atoms with E-state index in [4.69, 9.17) is 0 Å². The van der Waals surface area contributed by atoms with Crippen LogP contribution < -0.4 is 16.0 Å². The summed E-state index contributed by atoms with van der Waals surface area (Å²) in [6, 6.07) is 27.1. The summed E-state index contributed by atoms with van der Waals surface area (Å²) < 4.78 is 0. The van der Waals surface area contributed by atoms with Gasteiger partial charge in [-0.15, -0.1) is 0 Å². The van der Waals surface area contributed by atoms with Gasteiger partial charge in [0.15, 0.2) is 0 Å². The van der Waals surface area contributed by atoms with Crippen molar-refractivity contribution in [1.82, 2.24) is 16.0 Å². The second-order valence-corrected chi connectivity index (χ2v) is 13.0. The molecular formula is C40H31N3S. The monoisotopic (exact) mass is 585 g/mol. The molecular weight excluding hydrogens is 555 g/mol. The molecule has 0 saturated carbocycles. The van der Waals surface area contributed by atoms with Crippen LogP contribution in [0.5, 0.6) is 0 Å². The van der Waals surface area contributed by atoms with Crippen molar-refractivity contribution in [1.29, 1.82) is 0 Å². The number of thioether (sulfide) groups is 1. The van der Waals surface area contributed by atoms with Crippen LogP contribution in [0.4, 0.5) is 0 Å². The Morgan fingerprint density at radius 2 is 1.45 bits per heavy atom. The van der Waals surface area contributed by atoms with Crippen molar-refractivity contribution >= 4 is 22.2 Å². The predicted octanol–water partition coefficient (Wildman–Crippen LogP) is 7.89. The molecule has 6 aliphatic rings. The van der Waals surface area contributed by atoms with Gasteiger partial charge >= 0.3 is 0 Å². The number of benzene rings is 3. The minimum absolute atomic E-state index is 0.342. The second kappa shape index (κ2) is 9.80. The SMILES string of the molecule is C=C1/C=C\C=C(\c2ccc(C3=CC4=C(NC3)C3=C(C=CCN3)C43c4ccccc4-c4ccccc43)cc2)SC2=C1CNC=C2. The maximum Gasteiger partial charge on any atom is 0.0755 e. The Labute approximate surface area is 262 Å². The molecule has 3 nitrogen and oxygen atoms in total. The summed E-state index contributed by atoms with van der Waals surface area (Å²) in [6.07, 6.45) is 17.7. The van der Waals surface area contributed by atoms with Crippen molar-refractivity contribution in [2.45, 2.75) is 5.41 Å². The molecule has 4 aliphatic heterocycles. The van der Waals surface area contributed by atoms with Gasteiger partial charge in [-0.05, 0) is 85.7 Å². The molecule has 9 rings (SSSR count).